The maximum absolute atomic E-state index is 13.3. The summed E-state index contributed by atoms with van der Waals surface area (Å²) in [6, 6.07) is 8.64. The van der Waals surface area contributed by atoms with Crippen LogP contribution in [0.5, 0.6) is 0 Å². The van der Waals surface area contributed by atoms with E-state index in [1.54, 1.807) is 16.8 Å². The van der Waals surface area contributed by atoms with Gasteiger partial charge in [0.1, 0.15) is 17.9 Å². The smallest absolute Gasteiger partial charge is 0.354 e. The summed E-state index contributed by atoms with van der Waals surface area (Å²) in [5.41, 5.74) is 0.964. The van der Waals surface area contributed by atoms with Crippen LogP contribution in [-0.2, 0) is 23.9 Å². The number of anilines is 1. The van der Waals surface area contributed by atoms with Gasteiger partial charge in [-0.15, -0.1) is 0 Å². The molecule has 2 aliphatic rings. The second kappa shape index (κ2) is 8.86. The van der Waals surface area contributed by atoms with E-state index in [-0.39, 0.29) is 36.7 Å². The number of hydrazone groups is 1. The molecule has 3 rings (SSSR count). The zero-order chi connectivity index (χ0) is 20.1. The van der Waals surface area contributed by atoms with Crippen LogP contribution in [0.2, 0.25) is 0 Å². The number of carbonyl (C=O) groups excluding carboxylic acids is 3. The molecular formula is C20H25N3O5. The molecule has 0 aromatic heterocycles. The highest BCUT2D eigenvalue weighted by atomic mass is 16.5. The van der Waals surface area contributed by atoms with Crippen molar-refractivity contribution in [3.8, 4) is 0 Å². The van der Waals surface area contributed by atoms with E-state index < -0.39 is 12.0 Å². The Morgan fingerprint density at radius 3 is 2.64 bits per heavy atom. The first kappa shape index (κ1) is 19.9. The molecule has 0 saturated carbocycles. The van der Waals surface area contributed by atoms with Crippen LogP contribution in [0.4, 0.5) is 5.69 Å². The first-order valence-corrected chi connectivity index (χ1v) is 9.54. The zero-order valence-electron chi connectivity index (χ0n) is 16.2. The summed E-state index contributed by atoms with van der Waals surface area (Å²) in [5, 5.41) is 5.97. The third-order valence-corrected chi connectivity index (χ3v) is 4.75. The van der Waals surface area contributed by atoms with Crippen molar-refractivity contribution in [3.63, 3.8) is 0 Å². The minimum atomic E-state index is -0.627. The lowest BCUT2D eigenvalue weighted by molar-refractivity contribution is -0.152. The van der Waals surface area contributed by atoms with Gasteiger partial charge >= 0.3 is 11.9 Å². The van der Waals surface area contributed by atoms with Crippen molar-refractivity contribution in [1.82, 2.24) is 4.90 Å². The highest BCUT2D eigenvalue weighted by molar-refractivity contribution is 6.38. The molecule has 8 nitrogen and oxygen atoms in total. The van der Waals surface area contributed by atoms with Crippen molar-refractivity contribution in [2.75, 3.05) is 24.7 Å². The average Bonchev–Trinajstić information content (AvgIpc) is 3.13. The molecule has 1 amide bonds. The van der Waals surface area contributed by atoms with E-state index in [4.69, 9.17) is 9.47 Å². The van der Waals surface area contributed by atoms with Gasteiger partial charge in [0.2, 0.25) is 5.91 Å². The Labute approximate surface area is 164 Å². The second-order valence-corrected chi connectivity index (χ2v) is 6.83. The molecule has 1 saturated heterocycles. The van der Waals surface area contributed by atoms with Gasteiger partial charge in [-0.2, -0.15) is 5.10 Å². The molecule has 1 aromatic carbocycles. The number of hydrogen-bond donors (Lipinski definition) is 0. The normalized spacial score (nSPS) is 21.9. The van der Waals surface area contributed by atoms with Crippen LogP contribution in [-0.4, -0.2) is 60.3 Å². The van der Waals surface area contributed by atoms with E-state index in [2.05, 4.69) is 5.10 Å². The van der Waals surface area contributed by atoms with E-state index in [0.717, 1.165) is 18.5 Å². The lowest BCUT2D eigenvalue weighted by Crippen LogP contribution is -2.50. The Kier molecular flexibility index (Phi) is 6.28. The van der Waals surface area contributed by atoms with Crippen molar-refractivity contribution in [1.29, 1.82) is 0 Å². The SMILES string of the molecule is CCOC(=O)C1=NN(c2ccccc2)[C@@H](C(=O)N2CCC[C@H](OC(C)=O)C2)C1. The van der Waals surface area contributed by atoms with Crippen LogP contribution in [0.1, 0.15) is 33.1 Å². The number of benzene rings is 1. The number of ether oxygens (including phenoxy) is 2. The van der Waals surface area contributed by atoms with Crippen LogP contribution in [0, 0.1) is 0 Å². The van der Waals surface area contributed by atoms with Gasteiger partial charge in [0, 0.05) is 19.9 Å². The van der Waals surface area contributed by atoms with Gasteiger partial charge in [-0.1, -0.05) is 18.2 Å². The Balaban J connectivity index is 1.79. The second-order valence-electron chi connectivity index (χ2n) is 6.83. The number of esters is 2. The number of hydrogen-bond acceptors (Lipinski definition) is 7. The van der Waals surface area contributed by atoms with Crippen LogP contribution in [0.25, 0.3) is 0 Å². The summed E-state index contributed by atoms with van der Waals surface area (Å²) < 4.78 is 10.4. The number of amides is 1. The molecule has 1 fully saturated rings. The van der Waals surface area contributed by atoms with Crippen molar-refractivity contribution >= 4 is 29.2 Å². The number of nitrogens with zero attached hydrogens (tertiary/aromatic N) is 3. The topological polar surface area (TPSA) is 88.5 Å². The first-order valence-electron chi connectivity index (χ1n) is 9.54. The van der Waals surface area contributed by atoms with Crippen LogP contribution >= 0.6 is 0 Å². The molecule has 0 spiro atoms. The first-order chi connectivity index (χ1) is 13.5. The van der Waals surface area contributed by atoms with Gasteiger partial charge in [0.25, 0.3) is 0 Å². The quantitative estimate of drug-likeness (QED) is 0.715. The maximum atomic E-state index is 13.3. The van der Waals surface area contributed by atoms with Gasteiger partial charge in [-0.05, 0) is 31.9 Å². The minimum absolute atomic E-state index is 0.135. The Morgan fingerprint density at radius 1 is 1.21 bits per heavy atom. The summed E-state index contributed by atoms with van der Waals surface area (Å²) in [4.78, 5) is 38.4. The van der Waals surface area contributed by atoms with Gasteiger partial charge in [0.15, 0.2) is 0 Å². The molecule has 0 bridgehead atoms. The molecule has 0 N–H and O–H groups in total. The molecule has 8 heteroatoms. The van der Waals surface area contributed by atoms with Crippen LogP contribution in [0.3, 0.4) is 0 Å². The molecule has 2 heterocycles. The fourth-order valence-electron chi connectivity index (χ4n) is 3.54. The molecule has 0 radical (unpaired) electrons. The molecular weight excluding hydrogens is 362 g/mol. The summed E-state index contributed by atoms with van der Waals surface area (Å²) in [6.07, 6.45) is 1.38. The number of rotatable bonds is 5. The summed E-state index contributed by atoms with van der Waals surface area (Å²) in [6.45, 7) is 4.29. The standard InChI is InChI=1S/C20H25N3O5/c1-3-27-20(26)17-12-18(23(21-17)15-8-5-4-6-9-15)19(25)22-11-7-10-16(13-22)28-14(2)24/h4-6,8-9,16,18H,3,7,10-13H2,1-2H3/t16-,18+/m0/s1. The van der Waals surface area contributed by atoms with Crippen molar-refractivity contribution in [3.05, 3.63) is 30.3 Å². The Morgan fingerprint density at radius 2 is 1.96 bits per heavy atom. The fourth-order valence-corrected chi connectivity index (χ4v) is 3.54. The van der Waals surface area contributed by atoms with E-state index in [1.165, 1.54) is 6.92 Å². The van der Waals surface area contributed by atoms with E-state index in [9.17, 15) is 14.4 Å². The Hall–Kier alpha value is -2.90. The van der Waals surface area contributed by atoms with Crippen molar-refractivity contribution in [2.24, 2.45) is 5.10 Å². The molecule has 150 valence electrons. The highest BCUT2D eigenvalue weighted by Crippen LogP contribution is 2.27. The molecule has 1 aromatic rings. The molecule has 28 heavy (non-hydrogen) atoms. The lowest BCUT2D eigenvalue weighted by Gasteiger charge is -2.35. The molecule has 0 unspecified atom stereocenters. The van der Waals surface area contributed by atoms with E-state index >= 15 is 0 Å². The van der Waals surface area contributed by atoms with Gasteiger partial charge in [0.05, 0.1) is 18.8 Å². The minimum Gasteiger partial charge on any atom is -0.461 e. The third-order valence-electron chi connectivity index (χ3n) is 4.75. The summed E-state index contributed by atoms with van der Waals surface area (Å²) in [5.74, 6) is -0.988. The molecule has 0 aliphatic carbocycles. The zero-order valence-corrected chi connectivity index (χ0v) is 16.2. The third kappa shape index (κ3) is 4.49. The number of carbonyl (C=O) groups is 3. The maximum Gasteiger partial charge on any atom is 0.354 e. The van der Waals surface area contributed by atoms with Crippen molar-refractivity contribution in [2.45, 2.75) is 45.3 Å². The Bertz CT molecular complexity index is 764. The average molecular weight is 387 g/mol. The fraction of sp³-hybridized carbons (Fsp3) is 0.500. The summed E-state index contributed by atoms with van der Waals surface area (Å²) in [7, 11) is 0. The predicted octanol–water partition coefficient (Wildman–Crippen LogP) is 1.74. The monoisotopic (exact) mass is 387 g/mol. The number of likely N-dealkylation sites (tertiary alicyclic amines) is 1. The molecule has 2 aliphatic heterocycles. The lowest BCUT2D eigenvalue weighted by atomic mass is 10.0. The highest BCUT2D eigenvalue weighted by Gasteiger charge is 2.40. The van der Waals surface area contributed by atoms with Gasteiger partial charge in [-0.3, -0.25) is 14.6 Å². The number of para-hydroxylation sites is 1. The van der Waals surface area contributed by atoms with Crippen LogP contribution in [0.15, 0.2) is 35.4 Å². The van der Waals surface area contributed by atoms with Crippen LogP contribution < -0.4 is 5.01 Å². The van der Waals surface area contributed by atoms with E-state index in [1.807, 2.05) is 30.3 Å². The van der Waals surface area contributed by atoms with Crippen molar-refractivity contribution < 1.29 is 23.9 Å². The van der Waals surface area contributed by atoms with Gasteiger partial charge < -0.3 is 14.4 Å². The van der Waals surface area contributed by atoms with Gasteiger partial charge in [-0.25, -0.2) is 4.79 Å². The largest absolute Gasteiger partial charge is 0.461 e. The summed E-state index contributed by atoms with van der Waals surface area (Å²) >= 11 is 0. The van der Waals surface area contributed by atoms with E-state index in [0.29, 0.717) is 13.1 Å². The molecule has 2 atom stereocenters. The number of piperidine rings is 1. The predicted molar refractivity (Wildman–Crippen MR) is 103 cm³/mol.